The summed E-state index contributed by atoms with van der Waals surface area (Å²) < 4.78 is 5.20. The minimum Gasteiger partial charge on any atom is -0.497 e. The van der Waals surface area contributed by atoms with E-state index in [9.17, 15) is 0 Å². The van der Waals surface area contributed by atoms with Crippen molar-refractivity contribution in [2.45, 2.75) is 26.7 Å². The van der Waals surface area contributed by atoms with Crippen LogP contribution in [0.3, 0.4) is 0 Å². The van der Waals surface area contributed by atoms with Crippen LogP contribution in [-0.2, 0) is 6.42 Å². The number of hydrogen-bond donors (Lipinski definition) is 1. The van der Waals surface area contributed by atoms with Crippen molar-refractivity contribution in [2.24, 2.45) is 0 Å². The van der Waals surface area contributed by atoms with Gasteiger partial charge in [-0.25, -0.2) is 9.97 Å². The van der Waals surface area contributed by atoms with Gasteiger partial charge < -0.3 is 15.0 Å². The highest BCUT2D eigenvalue weighted by Gasteiger charge is 2.03. The Morgan fingerprint density at radius 3 is 2.10 bits per heavy atom. The van der Waals surface area contributed by atoms with Gasteiger partial charge in [0.1, 0.15) is 5.75 Å². The lowest BCUT2D eigenvalue weighted by atomic mass is 10.1. The molecule has 3 aromatic rings. The molecule has 152 valence electrons. The Morgan fingerprint density at radius 2 is 1.52 bits per heavy atom. The maximum Gasteiger partial charge on any atom is 0.227 e. The van der Waals surface area contributed by atoms with Crippen LogP contribution in [0.5, 0.6) is 5.75 Å². The van der Waals surface area contributed by atoms with Crippen LogP contribution < -0.4 is 10.1 Å². The van der Waals surface area contributed by atoms with Crippen molar-refractivity contribution in [1.82, 2.24) is 14.9 Å². The summed E-state index contributed by atoms with van der Waals surface area (Å²) in [6.07, 6.45) is 5.95. The maximum absolute atomic E-state index is 5.20. The number of rotatable bonds is 10. The summed E-state index contributed by atoms with van der Waals surface area (Å²) in [6, 6.07) is 16.4. The fraction of sp³-hybridized carbons (Fsp3) is 0.333. The van der Waals surface area contributed by atoms with Gasteiger partial charge in [0.05, 0.1) is 7.11 Å². The van der Waals surface area contributed by atoms with Gasteiger partial charge in [0.2, 0.25) is 5.95 Å². The summed E-state index contributed by atoms with van der Waals surface area (Å²) in [4.78, 5) is 11.3. The number of aryl methyl sites for hydroxylation is 1. The van der Waals surface area contributed by atoms with Gasteiger partial charge in [-0.05, 0) is 67.9 Å². The topological polar surface area (TPSA) is 50.3 Å². The Morgan fingerprint density at radius 1 is 0.862 bits per heavy atom. The van der Waals surface area contributed by atoms with Gasteiger partial charge >= 0.3 is 0 Å². The molecule has 0 atom stereocenters. The highest BCUT2D eigenvalue weighted by Crippen LogP contribution is 2.22. The van der Waals surface area contributed by atoms with E-state index < -0.39 is 0 Å². The quantitative estimate of drug-likeness (QED) is 0.517. The molecule has 0 radical (unpaired) electrons. The highest BCUT2D eigenvalue weighted by molar-refractivity contribution is 5.63. The normalized spacial score (nSPS) is 10.9. The standard InChI is InChI=1S/C24H30N4O/c1-4-28(5-2)16-6-7-19-8-12-22(13-9-19)27-24-25-17-21(18-26-24)20-10-14-23(29-3)15-11-20/h8-15,17-18H,4-7,16H2,1-3H3,(H,25,26,27). The number of ether oxygens (including phenoxy) is 1. The first-order valence-corrected chi connectivity index (χ1v) is 10.3. The van der Waals surface area contributed by atoms with Gasteiger partial charge in [-0.15, -0.1) is 0 Å². The van der Waals surface area contributed by atoms with Crippen molar-refractivity contribution in [2.75, 3.05) is 32.1 Å². The van der Waals surface area contributed by atoms with Crippen molar-refractivity contribution in [3.63, 3.8) is 0 Å². The van der Waals surface area contributed by atoms with Crippen LogP contribution >= 0.6 is 0 Å². The molecule has 0 saturated carbocycles. The predicted molar refractivity (Wildman–Crippen MR) is 120 cm³/mol. The number of nitrogens with one attached hydrogen (secondary N) is 1. The molecular weight excluding hydrogens is 360 g/mol. The third-order valence-corrected chi connectivity index (χ3v) is 5.12. The Bertz CT molecular complexity index is 857. The summed E-state index contributed by atoms with van der Waals surface area (Å²) in [5, 5.41) is 3.27. The van der Waals surface area contributed by atoms with Gasteiger partial charge in [-0.1, -0.05) is 38.1 Å². The SMILES string of the molecule is CCN(CC)CCCc1ccc(Nc2ncc(-c3ccc(OC)cc3)cn2)cc1. The van der Waals surface area contributed by atoms with Gasteiger partial charge in [-0.2, -0.15) is 0 Å². The maximum atomic E-state index is 5.20. The number of aromatic nitrogens is 2. The Kier molecular flexibility index (Phi) is 7.59. The molecule has 2 aromatic carbocycles. The van der Waals surface area contributed by atoms with E-state index in [0.717, 1.165) is 48.6 Å². The fourth-order valence-electron chi connectivity index (χ4n) is 3.26. The van der Waals surface area contributed by atoms with E-state index in [1.807, 2.05) is 36.7 Å². The number of nitrogens with zero attached hydrogens (tertiary/aromatic N) is 3. The lowest BCUT2D eigenvalue weighted by Crippen LogP contribution is -2.24. The lowest BCUT2D eigenvalue weighted by Gasteiger charge is -2.17. The summed E-state index contributed by atoms with van der Waals surface area (Å²) in [6.45, 7) is 7.83. The van der Waals surface area contributed by atoms with Gasteiger partial charge in [-0.3, -0.25) is 0 Å². The van der Waals surface area contributed by atoms with E-state index in [0.29, 0.717) is 5.95 Å². The highest BCUT2D eigenvalue weighted by atomic mass is 16.5. The minimum absolute atomic E-state index is 0.594. The number of hydrogen-bond acceptors (Lipinski definition) is 5. The van der Waals surface area contributed by atoms with E-state index >= 15 is 0 Å². The molecule has 0 bridgehead atoms. The summed E-state index contributed by atoms with van der Waals surface area (Å²) in [5.41, 5.74) is 4.39. The third kappa shape index (κ3) is 6.03. The lowest BCUT2D eigenvalue weighted by molar-refractivity contribution is 0.300. The average molecular weight is 391 g/mol. The molecule has 0 aliphatic carbocycles. The van der Waals surface area contributed by atoms with E-state index in [-0.39, 0.29) is 0 Å². The molecule has 5 heteroatoms. The van der Waals surface area contributed by atoms with Crippen LogP contribution in [-0.4, -0.2) is 41.6 Å². The zero-order valence-electron chi connectivity index (χ0n) is 17.6. The molecule has 0 fully saturated rings. The van der Waals surface area contributed by atoms with Gasteiger partial charge in [0.25, 0.3) is 0 Å². The van der Waals surface area contributed by atoms with Crippen LogP contribution in [0.4, 0.5) is 11.6 Å². The Hall–Kier alpha value is -2.92. The molecule has 0 aliphatic heterocycles. The molecule has 0 spiro atoms. The van der Waals surface area contributed by atoms with E-state index in [4.69, 9.17) is 4.74 Å². The van der Waals surface area contributed by atoms with Crippen molar-refractivity contribution in [3.05, 3.63) is 66.5 Å². The molecule has 1 N–H and O–H groups in total. The second-order valence-corrected chi connectivity index (χ2v) is 6.98. The van der Waals surface area contributed by atoms with Crippen molar-refractivity contribution >= 4 is 11.6 Å². The molecule has 29 heavy (non-hydrogen) atoms. The third-order valence-electron chi connectivity index (χ3n) is 5.12. The number of methoxy groups -OCH3 is 1. The van der Waals surface area contributed by atoms with Crippen LogP contribution in [0.1, 0.15) is 25.8 Å². The average Bonchev–Trinajstić information content (AvgIpc) is 2.78. The molecular formula is C24H30N4O. The number of benzene rings is 2. The van der Waals surface area contributed by atoms with Crippen LogP contribution in [0, 0.1) is 0 Å². The molecule has 1 aromatic heterocycles. The van der Waals surface area contributed by atoms with E-state index in [1.165, 1.54) is 12.0 Å². The number of anilines is 2. The van der Waals surface area contributed by atoms with Crippen LogP contribution in [0.25, 0.3) is 11.1 Å². The van der Waals surface area contributed by atoms with Crippen molar-refractivity contribution in [3.8, 4) is 16.9 Å². The second-order valence-electron chi connectivity index (χ2n) is 6.98. The summed E-state index contributed by atoms with van der Waals surface area (Å²) >= 11 is 0. The summed E-state index contributed by atoms with van der Waals surface area (Å²) in [7, 11) is 1.66. The second kappa shape index (κ2) is 10.6. The van der Waals surface area contributed by atoms with E-state index in [1.54, 1.807) is 7.11 Å². The first kappa shape index (κ1) is 20.8. The first-order valence-electron chi connectivity index (χ1n) is 10.3. The van der Waals surface area contributed by atoms with Gasteiger partial charge in [0.15, 0.2) is 0 Å². The Balaban J connectivity index is 1.54. The predicted octanol–water partition coefficient (Wildman–Crippen LogP) is 5.17. The van der Waals surface area contributed by atoms with Crippen LogP contribution in [0.2, 0.25) is 0 Å². The molecule has 5 nitrogen and oxygen atoms in total. The first-order chi connectivity index (χ1) is 14.2. The molecule has 0 amide bonds. The van der Waals surface area contributed by atoms with Crippen molar-refractivity contribution in [1.29, 1.82) is 0 Å². The Labute approximate surface area is 173 Å². The van der Waals surface area contributed by atoms with E-state index in [2.05, 4.69) is 58.3 Å². The smallest absolute Gasteiger partial charge is 0.227 e. The zero-order chi connectivity index (χ0) is 20.5. The fourth-order valence-corrected chi connectivity index (χ4v) is 3.26. The molecule has 0 aliphatic rings. The molecule has 3 rings (SSSR count). The van der Waals surface area contributed by atoms with Gasteiger partial charge in [0, 0.05) is 23.6 Å². The largest absolute Gasteiger partial charge is 0.497 e. The summed E-state index contributed by atoms with van der Waals surface area (Å²) in [5.74, 6) is 1.43. The minimum atomic E-state index is 0.594. The monoisotopic (exact) mass is 390 g/mol. The molecule has 0 saturated heterocycles. The van der Waals surface area contributed by atoms with Crippen molar-refractivity contribution < 1.29 is 4.74 Å². The van der Waals surface area contributed by atoms with Crippen LogP contribution in [0.15, 0.2) is 60.9 Å². The zero-order valence-corrected chi connectivity index (χ0v) is 17.6. The molecule has 1 heterocycles. The molecule has 0 unspecified atom stereocenters.